The first-order chi connectivity index (χ1) is 12.4. The van der Waals surface area contributed by atoms with Crippen LogP contribution in [0.2, 0.25) is 0 Å². The van der Waals surface area contributed by atoms with Crippen molar-refractivity contribution < 1.29 is 19.8 Å². The minimum Gasteiger partial charge on any atom is -0.478 e. The van der Waals surface area contributed by atoms with Gasteiger partial charge in [-0.1, -0.05) is 0 Å². The second-order valence-corrected chi connectivity index (χ2v) is 6.44. The van der Waals surface area contributed by atoms with E-state index in [0.717, 1.165) is 34.6 Å². The summed E-state index contributed by atoms with van der Waals surface area (Å²) in [7, 11) is 0. The number of carboxylic acids is 1. The molecule has 1 aliphatic heterocycles. The van der Waals surface area contributed by atoms with E-state index >= 15 is 0 Å². The maximum Gasteiger partial charge on any atom is 0.328 e. The van der Waals surface area contributed by atoms with Crippen molar-refractivity contribution in [2.45, 2.75) is 18.9 Å². The van der Waals surface area contributed by atoms with Gasteiger partial charge in [0.1, 0.15) is 11.1 Å². The molecule has 0 unspecified atom stereocenters. The molecule has 1 fully saturated rings. The summed E-state index contributed by atoms with van der Waals surface area (Å²) in [6.07, 6.45) is 3.88. The van der Waals surface area contributed by atoms with Crippen LogP contribution in [0.5, 0.6) is 0 Å². The molecule has 0 saturated carbocycles. The summed E-state index contributed by atoms with van der Waals surface area (Å²) in [5.41, 5.74) is 2.26. The summed E-state index contributed by atoms with van der Waals surface area (Å²) in [6.45, 7) is 2.91. The molecule has 2 aromatic rings. The number of hydrogen-bond acceptors (Lipinski definition) is 6. The van der Waals surface area contributed by atoms with Gasteiger partial charge in [0.2, 0.25) is 5.91 Å². The van der Waals surface area contributed by atoms with E-state index in [1.807, 2.05) is 30.0 Å². The van der Waals surface area contributed by atoms with Crippen LogP contribution < -0.4 is 10.2 Å². The van der Waals surface area contributed by atoms with Gasteiger partial charge in [-0.05, 0) is 31.5 Å². The van der Waals surface area contributed by atoms with Crippen LogP contribution in [-0.4, -0.2) is 57.3 Å². The molecule has 0 aromatic carbocycles. The lowest BCUT2D eigenvalue weighted by atomic mass is 10.0. The molecular weight excluding hydrogens is 336 g/mol. The number of nitrogens with zero attached hydrogens (tertiary/aromatic N) is 3. The van der Waals surface area contributed by atoms with Gasteiger partial charge in [-0.2, -0.15) is 0 Å². The van der Waals surface area contributed by atoms with Crippen molar-refractivity contribution in [3.05, 3.63) is 42.2 Å². The number of anilines is 1. The Morgan fingerprint density at radius 1 is 1.35 bits per heavy atom. The molecule has 1 saturated heterocycles. The molecule has 26 heavy (non-hydrogen) atoms. The Hall–Kier alpha value is -3.00. The number of carbonyl (C=O) groups is 2. The fraction of sp³-hybridized carbons (Fsp3) is 0.333. The summed E-state index contributed by atoms with van der Waals surface area (Å²) < 4.78 is 0. The number of aryl methyl sites for hydroxylation is 1. The molecule has 1 atom stereocenters. The topological polar surface area (TPSA) is 116 Å². The highest BCUT2D eigenvalue weighted by Crippen LogP contribution is 2.30. The number of aliphatic carboxylic acids is 1. The molecule has 8 heteroatoms. The average molecular weight is 356 g/mol. The summed E-state index contributed by atoms with van der Waals surface area (Å²) in [4.78, 5) is 32.9. The minimum atomic E-state index is -1.20. The van der Waals surface area contributed by atoms with Gasteiger partial charge < -0.3 is 20.4 Å². The van der Waals surface area contributed by atoms with Gasteiger partial charge in [0.05, 0.1) is 11.2 Å². The van der Waals surface area contributed by atoms with E-state index in [2.05, 4.69) is 15.3 Å². The van der Waals surface area contributed by atoms with E-state index in [9.17, 15) is 14.7 Å². The summed E-state index contributed by atoms with van der Waals surface area (Å²) >= 11 is 0. The van der Waals surface area contributed by atoms with Crippen LogP contribution in [0, 0.1) is 6.92 Å². The Labute approximate surface area is 150 Å². The van der Waals surface area contributed by atoms with Crippen LogP contribution in [0.25, 0.3) is 11.0 Å². The van der Waals surface area contributed by atoms with Crippen LogP contribution in [0.1, 0.15) is 12.1 Å². The van der Waals surface area contributed by atoms with Crippen molar-refractivity contribution in [1.82, 2.24) is 15.3 Å². The standard InChI is InChI=1S/C18H20N4O4/c1-12-2-3-13-17(21-12)14(6-8-19-13)22-9-7-18(26,11-22)10-20-15(23)4-5-16(24)25/h2-6,8,26H,7,9-11H2,1H3,(H,20,23)(H,24,25)/b5-4+/t18-/m0/s1. The predicted octanol–water partition coefficient (Wildman–Crippen LogP) is 0.636. The largest absolute Gasteiger partial charge is 0.478 e. The number of β-amino-alcohol motifs (C(OH)–C–C–N with tert-alkyl or cyclic N) is 1. The van der Waals surface area contributed by atoms with Gasteiger partial charge in [-0.25, -0.2) is 9.78 Å². The van der Waals surface area contributed by atoms with Crippen LogP contribution in [0.3, 0.4) is 0 Å². The van der Waals surface area contributed by atoms with Crippen LogP contribution in [0.4, 0.5) is 5.69 Å². The molecule has 8 nitrogen and oxygen atoms in total. The van der Waals surface area contributed by atoms with E-state index in [4.69, 9.17) is 5.11 Å². The second kappa shape index (κ2) is 7.09. The normalized spacial score (nSPS) is 20.0. The fourth-order valence-electron chi connectivity index (χ4n) is 3.03. The van der Waals surface area contributed by atoms with Crippen LogP contribution in [-0.2, 0) is 9.59 Å². The lowest BCUT2D eigenvalue weighted by Gasteiger charge is -2.25. The van der Waals surface area contributed by atoms with Crippen molar-refractivity contribution in [3.8, 4) is 0 Å². The number of rotatable bonds is 5. The Morgan fingerprint density at radius 3 is 2.92 bits per heavy atom. The molecule has 0 bridgehead atoms. The van der Waals surface area contributed by atoms with Crippen molar-refractivity contribution in [1.29, 1.82) is 0 Å². The van der Waals surface area contributed by atoms with E-state index in [0.29, 0.717) is 19.5 Å². The van der Waals surface area contributed by atoms with Gasteiger partial charge in [0.25, 0.3) is 0 Å². The van der Waals surface area contributed by atoms with Gasteiger partial charge in [0, 0.05) is 43.7 Å². The number of aliphatic hydroxyl groups is 1. The predicted molar refractivity (Wildman–Crippen MR) is 95.8 cm³/mol. The zero-order valence-electron chi connectivity index (χ0n) is 14.3. The molecule has 2 aromatic heterocycles. The highest BCUT2D eigenvalue weighted by atomic mass is 16.4. The van der Waals surface area contributed by atoms with Gasteiger partial charge in [0.15, 0.2) is 0 Å². The first-order valence-electron chi connectivity index (χ1n) is 8.25. The number of hydrogen-bond donors (Lipinski definition) is 3. The SMILES string of the molecule is Cc1ccc2nccc(N3CC[C@](O)(CNC(=O)/C=C/C(=O)O)C3)c2n1. The first-order valence-corrected chi connectivity index (χ1v) is 8.25. The van der Waals surface area contributed by atoms with Crippen molar-refractivity contribution in [3.63, 3.8) is 0 Å². The lowest BCUT2D eigenvalue weighted by Crippen LogP contribution is -2.44. The lowest BCUT2D eigenvalue weighted by molar-refractivity contribution is -0.131. The minimum absolute atomic E-state index is 0.0434. The van der Waals surface area contributed by atoms with Crippen molar-refractivity contribution in [2.24, 2.45) is 0 Å². The summed E-state index contributed by atoms with van der Waals surface area (Å²) in [5, 5.41) is 21.8. The number of fused-ring (bicyclic) bond motifs is 1. The average Bonchev–Trinajstić information content (AvgIpc) is 3.00. The maximum atomic E-state index is 11.6. The Kier molecular flexibility index (Phi) is 4.85. The second-order valence-electron chi connectivity index (χ2n) is 6.44. The van der Waals surface area contributed by atoms with E-state index in [-0.39, 0.29) is 6.54 Å². The number of nitrogens with one attached hydrogen (secondary N) is 1. The number of aromatic nitrogens is 2. The Morgan fingerprint density at radius 2 is 2.15 bits per heavy atom. The highest BCUT2D eigenvalue weighted by molar-refractivity contribution is 5.94. The summed E-state index contributed by atoms with van der Waals surface area (Å²) in [6, 6.07) is 5.69. The zero-order chi connectivity index (χ0) is 18.7. The number of carbonyl (C=O) groups excluding carboxylic acids is 1. The molecule has 1 amide bonds. The number of amides is 1. The maximum absolute atomic E-state index is 11.6. The van der Waals surface area contributed by atoms with E-state index in [1.165, 1.54) is 0 Å². The smallest absolute Gasteiger partial charge is 0.328 e. The molecule has 0 aliphatic carbocycles. The zero-order valence-corrected chi connectivity index (χ0v) is 14.3. The molecule has 3 heterocycles. The summed E-state index contributed by atoms with van der Waals surface area (Å²) in [5.74, 6) is -1.75. The quantitative estimate of drug-likeness (QED) is 0.673. The third-order valence-electron chi connectivity index (χ3n) is 4.34. The number of pyridine rings is 2. The fourth-order valence-corrected chi connectivity index (χ4v) is 3.03. The molecule has 136 valence electrons. The molecule has 3 N–H and O–H groups in total. The third kappa shape index (κ3) is 3.97. The highest BCUT2D eigenvalue weighted by Gasteiger charge is 2.37. The first kappa shape index (κ1) is 17.8. The van der Waals surface area contributed by atoms with Crippen LogP contribution >= 0.6 is 0 Å². The monoisotopic (exact) mass is 356 g/mol. The van der Waals surface area contributed by atoms with E-state index < -0.39 is 17.5 Å². The molecule has 0 radical (unpaired) electrons. The van der Waals surface area contributed by atoms with Gasteiger partial charge >= 0.3 is 5.97 Å². The molecule has 3 rings (SSSR count). The molecule has 0 spiro atoms. The third-order valence-corrected chi connectivity index (χ3v) is 4.34. The van der Waals surface area contributed by atoms with Crippen molar-refractivity contribution in [2.75, 3.05) is 24.5 Å². The Balaban J connectivity index is 1.71. The van der Waals surface area contributed by atoms with E-state index in [1.54, 1.807) is 6.20 Å². The molecule has 1 aliphatic rings. The Bertz CT molecular complexity index is 883. The van der Waals surface area contributed by atoms with Gasteiger partial charge in [-0.15, -0.1) is 0 Å². The molecular formula is C18H20N4O4. The van der Waals surface area contributed by atoms with Crippen LogP contribution in [0.15, 0.2) is 36.5 Å². The number of carboxylic acid groups (broad SMARTS) is 1. The van der Waals surface area contributed by atoms with Gasteiger partial charge in [-0.3, -0.25) is 9.78 Å². The van der Waals surface area contributed by atoms with Crippen molar-refractivity contribution >= 4 is 28.6 Å².